The van der Waals surface area contributed by atoms with E-state index in [2.05, 4.69) is 11.2 Å². The lowest BCUT2D eigenvalue weighted by molar-refractivity contribution is 0.387. The molecule has 0 radical (unpaired) electrons. The highest BCUT2D eigenvalue weighted by atomic mass is 32.2. The predicted molar refractivity (Wildman–Crippen MR) is 82.9 cm³/mol. The number of halogens is 1. The average Bonchev–Trinajstić information content (AvgIpc) is 2.72. The third-order valence-electron chi connectivity index (χ3n) is 3.28. The summed E-state index contributed by atoms with van der Waals surface area (Å²) in [6, 6.07) is 3.03. The molecule has 0 saturated heterocycles. The van der Waals surface area contributed by atoms with E-state index in [0.717, 1.165) is 24.9 Å². The van der Waals surface area contributed by atoms with Crippen LogP contribution in [-0.2, 0) is 6.54 Å². The Morgan fingerprint density at radius 1 is 1.35 bits per heavy atom. The number of benzene rings is 1. The highest BCUT2D eigenvalue weighted by Crippen LogP contribution is 2.26. The monoisotopic (exact) mass is 297 g/mol. The quantitative estimate of drug-likeness (QED) is 0.797. The Labute approximate surface area is 122 Å². The molecule has 0 aliphatic rings. The fourth-order valence-electron chi connectivity index (χ4n) is 2.23. The number of ether oxygens (including phenoxy) is 1. The second kappa shape index (κ2) is 6.83. The fourth-order valence-corrected chi connectivity index (χ4v) is 2.72. The molecule has 2 aromatic rings. The van der Waals surface area contributed by atoms with Crippen molar-refractivity contribution in [3.8, 4) is 5.75 Å². The van der Waals surface area contributed by atoms with Crippen molar-refractivity contribution >= 4 is 28.7 Å². The molecule has 6 heteroatoms. The van der Waals surface area contributed by atoms with Crippen LogP contribution in [0.25, 0.3) is 11.0 Å². The topological polar surface area (TPSA) is 53.1 Å². The van der Waals surface area contributed by atoms with Gasteiger partial charge in [0.15, 0.2) is 11.6 Å². The molecule has 2 N–H and O–H groups in total. The van der Waals surface area contributed by atoms with E-state index in [1.54, 1.807) is 6.07 Å². The number of thioether (sulfide) groups is 1. The van der Waals surface area contributed by atoms with Crippen LogP contribution in [0.3, 0.4) is 0 Å². The van der Waals surface area contributed by atoms with Gasteiger partial charge in [-0.1, -0.05) is 6.42 Å². The van der Waals surface area contributed by atoms with E-state index < -0.39 is 5.82 Å². The van der Waals surface area contributed by atoms with Gasteiger partial charge in [0.1, 0.15) is 0 Å². The van der Waals surface area contributed by atoms with E-state index in [-0.39, 0.29) is 5.75 Å². The summed E-state index contributed by atoms with van der Waals surface area (Å²) in [7, 11) is 1.46. The van der Waals surface area contributed by atoms with Gasteiger partial charge in [0.05, 0.1) is 18.1 Å². The lowest BCUT2D eigenvalue weighted by Crippen LogP contribution is -2.03. The number of nitrogen functional groups attached to an aromatic ring is 1. The van der Waals surface area contributed by atoms with Gasteiger partial charge in [-0.25, -0.2) is 9.37 Å². The van der Waals surface area contributed by atoms with Crippen molar-refractivity contribution in [1.82, 2.24) is 9.55 Å². The van der Waals surface area contributed by atoms with Gasteiger partial charge in [-0.15, -0.1) is 0 Å². The summed E-state index contributed by atoms with van der Waals surface area (Å²) < 4.78 is 20.6. The second-order valence-electron chi connectivity index (χ2n) is 4.65. The number of fused-ring (bicyclic) bond motifs is 1. The molecule has 1 aromatic carbocycles. The number of methoxy groups -OCH3 is 1. The highest BCUT2D eigenvalue weighted by molar-refractivity contribution is 7.98. The molecule has 0 saturated carbocycles. The van der Waals surface area contributed by atoms with Crippen LogP contribution in [0.4, 0.5) is 10.3 Å². The van der Waals surface area contributed by atoms with Gasteiger partial charge in [0.25, 0.3) is 0 Å². The minimum atomic E-state index is -0.412. The first kappa shape index (κ1) is 15.0. The first-order valence-corrected chi connectivity index (χ1v) is 8.05. The highest BCUT2D eigenvalue weighted by Gasteiger charge is 2.12. The first-order chi connectivity index (χ1) is 9.67. The maximum atomic E-state index is 13.6. The third kappa shape index (κ3) is 3.17. The molecule has 0 aliphatic heterocycles. The molecule has 0 bridgehead atoms. The van der Waals surface area contributed by atoms with Crippen LogP contribution < -0.4 is 10.5 Å². The minimum Gasteiger partial charge on any atom is -0.494 e. The number of imidazole rings is 1. The van der Waals surface area contributed by atoms with Gasteiger partial charge in [-0.3, -0.25) is 0 Å². The Kier molecular flexibility index (Phi) is 5.11. The average molecular weight is 297 g/mol. The van der Waals surface area contributed by atoms with Gasteiger partial charge in [0.2, 0.25) is 5.95 Å². The summed E-state index contributed by atoms with van der Waals surface area (Å²) >= 11 is 1.86. The third-order valence-corrected chi connectivity index (χ3v) is 3.98. The molecule has 4 nitrogen and oxygen atoms in total. The first-order valence-electron chi connectivity index (χ1n) is 6.65. The van der Waals surface area contributed by atoms with E-state index in [1.165, 1.54) is 25.3 Å². The van der Waals surface area contributed by atoms with Gasteiger partial charge >= 0.3 is 0 Å². The number of hydrogen-bond donors (Lipinski definition) is 1. The zero-order chi connectivity index (χ0) is 14.5. The smallest absolute Gasteiger partial charge is 0.201 e. The van der Waals surface area contributed by atoms with Gasteiger partial charge < -0.3 is 15.0 Å². The van der Waals surface area contributed by atoms with Crippen LogP contribution in [0.5, 0.6) is 5.75 Å². The Morgan fingerprint density at radius 3 is 2.85 bits per heavy atom. The maximum absolute atomic E-state index is 13.6. The van der Waals surface area contributed by atoms with E-state index in [0.29, 0.717) is 11.5 Å². The number of aromatic nitrogens is 2. The van der Waals surface area contributed by atoms with Crippen LogP contribution in [0.15, 0.2) is 12.1 Å². The number of rotatable bonds is 7. The standard InChI is InChI=1S/C14H20FN3OS/c1-19-13-9-12-11(8-10(13)15)17-14(16)18(12)6-4-3-5-7-20-2/h8-9H,3-7H2,1-2H3,(H2,16,17). The van der Waals surface area contributed by atoms with E-state index in [9.17, 15) is 4.39 Å². The number of anilines is 1. The van der Waals surface area contributed by atoms with Crippen molar-refractivity contribution in [3.63, 3.8) is 0 Å². The Morgan fingerprint density at radius 2 is 2.15 bits per heavy atom. The van der Waals surface area contributed by atoms with Crippen molar-refractivity contribution in [1.29, 1.82) is 0 Å². The van der Waals surface area contributed by atoms with E-state index in [1.807, 2.05) is 16.3 Å². The lowest BCUT2D eigenvalue weighted by atomic mass is 10.2. The van der Waals surface area contributed by atoms with Crippen LogP contribution in [-0.4, -0.2) is 28.7 Å². The van der Waals surface area contributed by atoms with Crippen LogP contribution in [0.2, 0.25) is 0 Å². The predicted octanol–water partition coefficient (Wildman–Crippen LogP) is 3.30. The molecule has 0 aliphatic carbocycles. The maximum Gasteiger partial charge on any atom is 0.201 e. The number of nitrogens with two attached hydrogens (primary N) is 1. The minimum absolute atomic E-state index is 0.223. The fraction of sp³-hybridized carbons (Fsp3) is 0.500. The van der Waals surface area contributed by atoms with Crippen LogP contribution in [0, 0.1) is 5.82 Å². The zero-order valence-corrected chi connectivity index (χ0v) is 12.7. The number of nitrogens with zero attached hydrogens (tertiary/aromatic N) is 2. The molecular weight excluding hydrogens is 277 g/mol. The van der Waals surface area contributed by atoms with Crippen molar-refractivity contribution in [3.05, 3.63) is 17.9 Å². The van der Waals surface area contributed by atoms with Crippen LogP contribution in [0.1, 0.15) is 19.3 Å². The number of unbranched alkanes of at least 4 members (excludes halogenated alkanes) is 2. The number of hydrogen-bond acceptors (Lipinski definition) is 4. The zero-order valence-electron chi connectivity index (χ0n) is 11.9. The summed E-state index contributed by atoms with van der Waals surface area (Å²) in [6.45, 7) is 0.797. The normalized spacial score (nSPS) is 11.2. The van der Waals surface area contributed by atoms with Crippen molar-refractivity contribution < 1.29 is 9.13 Å². The summed E-state index contributed by atoms with van der Waals surface area (Å²) in [4.78, 5) is 4.21. The lowest BCUT2D eigenvalue weighted by Gasteiger charge is -2.07. The number of aryl methyl sites for hydroxylation is 1. The molecule has 0 amide bonds. The molecule has 0 unspecified atom stereocenters. The Hall–Kier alpha value is -1.43. The van der Waals surface area contributed by atoms with Crippen molar-refractivity contribution in [2.75, 3.05) is 24.9 Å². The molecule has 0 fully saturated rings. The van der Waals surface area contributed by atoms with Crippen molar-refractivity contribution in [2.45, 2.75) is 25.8 Å². The summed E-state index contributed by atoms with van der Waals surface area (Å²) in [6.07, 6.45) is 5.50. The Balaban J connectivity index is 2.17. The second-order valence-corrected chi connectivity index (χ2v) is 5.64. The van der Waals surface area contributed by atoms with Gasteiger partial charge in [0, 0.05) is 18.7 Å². The van der Waals surface area contributed by atoms with Crippen LogP contribution >= 0.6 is 11.8 Å². The van der Waals surface area contributed by atoms with E-state index >= 15 is 0 Å². The summed E-state index contributed by atoms with van der Waals surface area (Å²) in [5, 5.41) is 0. The molecule has 20 heavy (non-hydrogen) atoms. The molecule has 1 heterocycles. The van der Waals surface area contributed by atoms with Crippen molar-refractivity contribution in [2.24, 2.45) is 0 Å². The molecule has 2 rings (SSSR count). The summed E-state index contributed by atoms with van der Waals surface area (Å²) in [5.41, 5.74) is 7.32. The molecule has 0 atom stereocenters. The molecule has 0 spiro atoms. The molecule has 1 aromatic heterocycles. The van der Waals surface area contributed by atoms with E-state index in [4.69, 9.17) is 10.5 Å². The summed E-state index contributed by atoms with van der Waals surface area (Å²) in [5.74, 6) is 1.42. The van der Waals surface area contributed by atoms with Gasteiger partial charge in [-0.2, -0.15) is 11.8 Å². The Bertz CT molecular complexity index is 585. The SMILES string of the molecule is COc1cc2c(cc1F)nc(N)n2CCCCCSC. The van der Waals surface area contributed by atoms with Gasteiger partial charge in [-0.05, 0) is 24.9 Å². The largest absolute Gasteiger partial charge is 0.494 e. The molecular formula is C14H20FN3OS. The molecule has 110 valence electrons.